The van der Waals surface area contributed by atoms with Gasteiger partial charge in [-0.1, -0.05) is 12.1 Å². The Hall–Kier alpha value is -4.47. The first-order valence-corrected chi connectivity index (χ1v) is 11.4. The minimum Gasteiger partial charge on any atom is -0.465 e. The Balaban J connectivity index is 1.29. The SMILES string of the molecule is COC(=O)c1cccc(Cn2cc(-c3cc4nc(C)cn4c(Nc4cc(C5CC5)[nH]n4)n3)cn2)c1. The minimum atomic E-state index is -0.360. The Bertz CT molecular complexity index is 1540. The van der Waals surface area contributed by atoms with E-state index in [9.17, 15) is 4.79 Å². The number of imidazole rings is 1. The smallest absolute Gasteiger partial charge is 0.337 e. The summed E-state index contributed by atoms with van der Waals surface area (Å²) in [5.41, 5.74) is 5.90. The van der Waals surface area contributed by atoms with Crippen LogP contribution in [-0.2, 0) is 11.3 Å². The summed E-state index contributed by atoms with van der Waals surface area (Å²) in [6.45, 7) is 2.47. The van der Waals surface area contributed by atoms with Crippen LogP contribution in [0.25, 0.3) is 16.9 Å². The van der Waals surface area contributed by atoms with Gasteiger partial charge in [-0.05, 0) is 37.5 Å². The number of nitrogens with zero attached hydrogens (tertiary/aromatic N) is 6. The number of rotatable bonds is 7. The molecule has 0 saturated heterocycles. The van der Waals surface area contributed by atoms with Gasteiger partial charge in [-0.2, -0.15) is 10.2 Å². The summed E-state index contributed by atoms with van der Waals surface area (Å²) in [5, 5.41) is 15.4. The van der Waals surface area contributed by atoms with E-state index in [1.807, 2.05) is 58.7 Å². The lowest BCUT2D eigenvalue weighted by molar-refractivity contribution is 0.0600. The lowest BCUT2D eigenvalue weighted by Crippen LogP contribution is -2.04. The molecule has 1 fully saturated rings. The van der Waals surface area contributed by atoms with E-state index in [1.54, 1.807) is 12.3 Å². The average molecular weight is 469 g/mol. The van der Waals surface area contributed by atoms with Crippen molar-refractivity contribution in [3.8, 4) is 11.3 Å². The predicted molar refractivity (Wildman–Crippen MR) is 130 cm³/mol. The zero-order valence-corrected chi connectivity index (χ0v) is 19.4. The van der Waals surface area contributed by atoms with E-state index in [4.69, 9.17) is 9.72 Å². The molecule has 176 valence electrons. The molecule has 2 N–H and O–H groups in total. The van der Waals surface area contributed by atoms with Crippen LogP contribution in [0.1, 0.15) is 46.1 Å². The van der Waals surface area contributed by atoms with Crippen molar-refractivity contribution in [2.45, 2.75) is 32.2 Å². The number of nitrogens with one attached hydrogen (secondary N) is 2. The Morgan fingerprint density at radius 3 is 2.91 bits per heavy atom. The number of hydrogen-bond acceptors (Lipinski definition) is 7. The van der Waals surface area contributed by atoms with Crippen molar-refractivity contribution in [1.82, 2.24) is 34.3 Å². The molecule has 35 heavy (non-hydrogen) atoms. The molecule has 10 heteroatoms. The van der Waals surface area contributed by atoms with E-state index in [2.05, 4.69) is 25.6 Å². The Morgan fingerprint density at radius 1 is 1.20 bits per heavy atom. The summed E-state index contributed by atoms with van der Waals surface area (Å²) in [6, 6.07) is 11.3. The van der Waals surface area contributed by atoms with Gasteiger partial charge in [-0.15, -0.1) is 0 Å². The third-order valence-electron chi connectivity index (χ3n) is 6.05. The van der Waals surface area contributed by atoms with Gasteiger partial charge in [0.2, 0.25) is 5.95 Å². The topological polar surface area (TPSA) is 115 Å². The maximum absolute atomic E-state index is 11.8. The Labute approximate surface area is 201 Å². The summed E-state index contributed by atoms with van der Waals surface area (Å²) in [7, 11) is 1.38. The molecule has 6 rings (SSSR count). The summed E-state index contributed by atoms with van der Waals surface area (Å²) >= 11 is 0. The zero-order chi connectivity index (χ0) is 23.9. The number of H-pyrrole nitrogens is 1. The van der Waals surface area contributed by atoms with Crippen LogP contribution in [0.15, 0.2) is 55.0 Å². The standard InChI is InChI=1S/C25H24N8O2/c1-15-12-33-23(27-15)10-20(28-25(33)29-22-9-21(30-31-22)17-6-7-17)19-11-26-32(14-19)13-16-4-3-5-18(8-16)24(34)35-2/h3-5,8-12,14,17H,6-7,13H2,1-2H3,(H2,28,29,30,31). The fraction of sp³-hybridized carbons (Fsp3) is 0.240. The van der Waals surface area contributed by atoms with Crippen LogP contribution in [0, 0.1) is 6.92 Å². The number of benzene rings is 1. The molecule has 1 saturated carbocycles. The van der Waals surface area contributed by atoms with Gasteiger partial charge in [0.15, 0.2) is 5.82 Å². The Morgan fingerprint density at radius 2 is 2.09 bits per heavy atom. The molecule has 4 heterocycles. The van der Waals surface area contributed by atoms with Gasteiger partial charge in [-0.3, -0.25) is 14.2 Å². The van der Waals surface area contributed by atoms with Crippen LogP contribution < -0.4 is 5.32 Å². The van der Waals surface area contributed by atoms with Gasteiger partial charge in [0.25, 0.3) is 0 Å². The Kier molecular flexibility index (Phi) is 5.05. The van der Waals surface area contributed by atoms with Crippen LogP contribution in [-0.4, -0.2) is 47.4 Å². The number of esters is 1. The summed E-state index contributed by atoms with van der Waals surface area (Å²) in [6.07, 6.45) is 8.07. The number of aromatic nitrogens is 7. The van der Waals surface area contributed by atoms with E-state index in [-0.39, 0.29) is 5.97 Å². The van der Waals surface area contributed by atoms with Crippen LogP contribution in [0.3, 0.4) is 0 Å². The quantitative estimate of drug-likeness (QED) is 0.346. The normalized spacial score (nSPS) is 13.3. The molecule has 1 aliphatic carbocycles. The van der Waals surface area contributed by atoms with Crippen LogP contribution >= 0.6 is 0 Å². The average Bonchev–Trinajstić information content (AvgIpc) is 3.23. The lowest BCUT2D eigenvalue weighted by Gasteiger charge is -2.08. The molecule has 0 aliphatic heterocycles. The molecule has 0 atom stereocenters. The number of carbonyl (C=O) groups excluding carboxylic acids is 1. The molecule has 5 aromatic rings. The van der Waals surface area contributed by atoms with Crippen LogP contribution in [0.2, 0.25) is 0 Å². The third kappa shape index (κ3) is 4.25. The molecule has 0 amide bonds. The van der Waals surface area contributed by atoms with Gasteiger partial charge in [0, 0.05) is 41.7 Å². The first kappa shape index (κ1) is 21.1. The fourth-order valence-electron chi connectivity index (χ4n) is 4.15. The van der Waals surface area contributed by atoms with Crippen molar-refractivity contribution < 1.29 is 9.53 Å². The summed E-state index contributed by atoms with van der Waals surface area (Å²) in [5.74, 6) is 1.59. The molecule has 0 spiro atoms. The fourth-order valence-corrected chi connectivity index (χ4v) is 4.15. The van der Waals surface area contributed by atoms with Crippen LogP contribution in [0.5, 0.6) is 0 Å². The summed E-state index contributed by atoms with van der Waals surface area (Å²) < 4.78 is 8.56. The first-order chi connectivity index (χ1) is 17.1. The van der Waals surface area contributed by atoms with Gasteiger partial charge < -0.3 is 10.1 Å². The van der Waals surface area contributed by atoms with Crippen molar-refractivity contribution >= 4 is 23.4 Å². The highest BCUT2D eigenvalue weighted by molar-refractivity contribution is 5.89. The molecule has 0 bridgehead atoms. The van der Waals surface area contributed by atoms with Gasteiger partial charge in [-0.25, -0.2) is 14.8 Å². The highest BCUT2D eigenvalue weighted by atomic mass is 16.5. The number of methoxy groups -OCH3 is 1. The number of carbonyl (C=O) groups is 1. The van der Waals surface area contributed by atoms with Gasteiger partial charge in [0.05, 0.1) is 36.8 Å². The predicted octanol–water partition coefficient (Wildman–Crippen LogP) is 4.08. The maximum Gasteiger partial charge on any atom is 0.337 e. The van der Waals surface area contributed by atoms with E-state index in [0.29, 0.717) is 24.0 Å². The number of fused-ring (bicyclic) bond motifs is 1. The molecular weight excluding hydrogens is 444 g/mol. The van der Waals surface area contributed by atoms with Crippen molar-refractivity contribution in [2.75, 3.05) is 12.4 Å². The number of aryl methyl sites for hydroxylation is 1. The second kappa shape index (κ2) is 8.39. The second-order valence-corrected chi connectivity index (χ2v) is 8.80. The molecule has 1 aliphatic rings. The van der Waals surface area contributed by atoms with E-state index < -0.39 is 0 Å². The van der Waals surface area contributed by atoms with Gasteiger partial charge >= 0.3 is 5.97 Å². The number of ether oxygens (including phenoxy) is 1. The van der Waals surface area contributed by atoms with Gasteiger partial charge in [0.1, 0.15) is 5.65 Å². The minimum absolute atomic E-state index is 0.360. The maximum atomic E-state index is 11.8. The highest BCUT2D eigenvalue weighted by Crippen LogP contribution is 2.39. The van der Waals surface area contributed by atoms with Crippen molar-refractivity contribution in [1.29, 1.82) is 0 Å². The number of aromatic amines is 1. The molecule has 1 aromatic carbocycles. The van der Waals surface area contributed by atoms with E-state index in [0.717, 1.165) is 39.7 Å². The molecule has 4 aromatic heterocycles. The van der Waals surface area contributed by atoms with E-state index in [1.165, 1.54) is 20.0 Å². The van der Waals surface area contributed by atoms with Crippen molar-refractivity contribution in [2.24, 2.45) is 0 Å². The number of hydrogen-bond donors (Lipinski definition) is 2. The summed E-state index contributed by atoms with van der Waals surface area (Å²) in [4.78, 5) is 21.3. The van der Waals surface area contributed by atoms with Crippen molar-refractivity contribution in [3.05, 3.63) is 77.5 Å². The van der Waals surface area contributed by atoms with Crippen LogP contribution in [0.4, 0.5) is 11.8 Å². The zero-order valence-electron chi connectivity index (χ0n) is 19.4. The van der Waals surface area contributed by atoms with E-state index >= 15 is 0 Å². The third-order valence-corrected chi connectivity index (χ3v) is 6.05. The number of anilines is 2. The monoisotopic (exact) mass is 468 g/mol. The molecular formula is C25H24N8O2. The first-order valence-electron chi connectivity index (χ1n) is 11.4. The molecule has 0 unspecified atom stereocenters. The molecule has 0 radical (unpaired) electrons. The lowest BCUT2D eigenvalue weighted by atomic mass is 10.1. The second-order valence-electron chi connectivity index (χ2n) is 8.80. The molecule has 10 nitrogen and oxygen atoms in total. The van der Waals surface area contributed by atoms with Crippen molar-refractivity contribution in [3.63, 3.8) is 0 Å². The highest BCUT2D eigenvalue weighted by Gasteiger charge is 2.25. The largest absolute Gasteiger partial charge is 0.465 e.